The lowest BCUT2D eigenvalue weighted by atomic mass is 10.1. The van der Waals surface area contributed by atoms with Crippen LogP contribution in [0.15, 0.2) is 48.5 Å². The van der Waals surface area contributed by atoms with Crippen LogP contribution in [0.25, 0.3) is 10.2 Å². The number of thiazole rings is 1. The van der Waals surface area contributed by atoms with E-state index < -0.39 is 11.7 Å². The van der Waals surface area contributed by atoms with Gasteiger partial charge < -0.3 is 10.2 Å². The largest absolute Gasteiger partial charge is 0.416 e. The minimum Gasteiger partial charge on any atom is -0.369 e. The van der Waals surface area contributed by atoms with E-state index in [0.29, 0.717) is 30.3 Å². The molecule has 9 heteroatoms. The fraction of sp³-hybridized carbons (Fsp3) is 0.391. The smallest absolute Gasteiger partial charge is 0.369 e. The molecule has 5 nitrogen and oxygen atoms in total. The molecular formula is C23H25F3N4OS. The number of nitrogens with one attached hydrogen (secondary N) is 1. The zero-order valence-corrected chi connectivity index (χ0v) is 18.4. The van der Waals surface area contributed by atoms with Crippen molar-refractivity contribution in [3.05, 3.63) is 54.1 Å². The first-order chi connectivity index (χ1) is 15.4. The van der Waals surface area contributed by atoms with Gasteiger partial charge in [0, 0.05) is 38.3 Å². The van der Waals surface area contributed by atoms with Crippen molar-refractivity contribution in [2.24, 2.45) is 0 Å². The van der Waals surface area contributed by atoms with Crippen LogP contribution >= 0.6 is 11.3 Å². The second-order valence-corrected chi connectivity index (χ2v) is 8.90. The summed E-state index contributed by atoms with van der Waals surface area (Å²) in [5.74, 6) is -0.0292. The van der Waals surface area contributed by atoms with E-state index in [1.165, 1.54) is 23.5 Å². The van der Waals surface area contributed by atoms with Gasteiger partial charge in [-0.2, -0.15) is 13.2 Å². The topological polar surface area (TPSA) is 48.5 Å². The van der Waals surface area contributed by atoms with Crippen molar-refractivity contribution < 1.29 is 18.0 Å². The molecule has 2 aromatic carbocycles. The standard InChI is InChI=1S/C23H25F3N4OS/c24-23(25,26)17-6-5-7-18(16-17)30-14-12-29(13-15-30)11-4-3-10-21(31)28-22-27-19-8-1-2-9-20(19)32-22/h1-2,5-9,16H,3-4,10-15H2,(H,27,28,31). The molecule has 0 saturated carbocycles. The number of hydrogen-bond acceptors (Lipinski definition) is 5. The van der Waals surface area contributed by atoms with E-state index in [9.17, 15) is 18.0 Å². The van der Waals surface area contributed by atoms with Crippen molar-refractivity contribution in [1.82, 2.24) is 9.88 Å². The molecule has 32 heavy (non-hydrogen) atoms. The number of amides is 1. The highest BCUT2D eigenvalue weighted by Crippen LogP contribution is 2.32. The average molecular weight is 463 g/mol. The molecule has 1 aromatic heterocycles. The number of unbranched alkanes of at least 4 members (excludes halogenated alkanes) is 1. The van der Waals surface area contributed by atoms with Gasteiger partial charge in [-0.1, -0.05) is 29.5 Å². The number of aromatic nitrogens is 1. The summed E-state index contributed by atoms with van der Waals surface area (Å²) < 4.78 is 39.9. The zero-order valence-electron chi connectivity index (χ0n) is 17.6. The molecule has 1 aliphatic heterocycles. The van der Waals surface area contributed by atoms with Crippen molar-refractivity contribution in [1.29, 1.82) is 0 Å². The molecule has 0 unspecified atom stereocenters. The molecule has 2 heterocycles. The van der Waals surface area contributed by atoms with Crippen molar-refractivity contribution >= 4 is 38.3 Å². The van der Waals surface area contributed by atoms with Crippen molar-refractivity contribution in [2.75, 3.05) is 42.9 Å². The predicted octanol–water partition coefficient (Wildman–Crippen LogP) is 5.25. The normalized spacial score (nSPS) is 15.3. The molecule has 1 aliphatic rings. The van der Waals surface area contributed by atoms with E-state index in [-0.39, 0.29) is 5.91 Å². The predicted molar refractivity (Wildman–Crippen MR) is 122 cm³/mol. The van der Waals surface area contributed by atoms with Crippen LogP contribution in [0, 0.1) is 0 Å². The first kappa shape index (κ1) is 22.5. The van der Waals surface area contributed by atoms with Crippen LogP contribution in [-0.2, 0) is 11.0 Å². The van der Waals surface area contributed by atoms with Gasteiger partial charge in [-0.15, -0.1) is 0 Å². The number of carbonyl (C=O) groups is 1. The third kappa shape index (κ3) is 5.77. The SMILES string of the molecule is O=C(CCCCN1CCN(c2cccc(C(F)(F)F)c2)CC1)Nc1nc2ccccc2s1. The Bertz CT molecular complexity index is 1030. The van der Waals surface area contributed by atoms with Gasteiger partial charge in [0.2, 0.25) is 5.91 Å². The Morgan fingerprint density at radius 1 is 1.03 bits per heavy atom. The summed E-state index contributed by atoms with van der Waals surface area (Å²) in [7, 11) is 0. The summed E-state index contributed by atoms with van der Waals surface area (Å²) >= 11 is 1.47. The summed E-state index contributed by atoms with van der Waals surface area (Å²) in [5, 5.41) is 3.50. The van der Waals surface area contributed by atoms with Crippen molar-refractivity contribution in [3.8, 4) is 0 Å². The highest BCUT2D eigenvalue weighted by molar-refractivity contribution is 7.22. The Labute approximate surface area is 188 Å². The van der Waals surface area contributed by atoms with E-state index in [1.807, 2.05) is 29.2 Å². The molecule has 170 valence electrons. The maximum Gasteiger partial charge on any atom is 0.416 e. The van der Waals surface area contributed by atoms with E-state index in [0.717, 1.165) is 48.8 Å². The van der Waals surface area contributed by atoms with Gasteiger partial charge >= 0.3 is 6.18 Å². The average Bonchev–Trinajstić information content (AvgIpc) is 3.19. The lowest BCUT2D eigenvalue weighted by Gasteiger charge is -2.36. The Morgan fingerprint density at radius 2 is 1.81 bits per heavy atom. The van der Waals surface area contributed by atoms with Gasteiger partial charge in [-0.3, -0.25) is 9.69 Å². The quantitative estimate of drug-likeness (QED) is 0.488. The Balaban J connectivity index is 1.16. The number of piperazine rings is 1. The molecule has 0 radical (unpaired) electrons. The lowest BCUT2D eigenvalue weighted by molar-refractivity contribution is -0.137. The number of halogens is 3. The van der Waals surface area contributed by atoms with Crippen LogP contribution in [0.3, 0.4) is 0 Å². The van der Waals surface area contributed by atoms with Crippen molar-refractivity contribution in [2.45, 2.75) is 25.4 Å². The minimum absolute atomic E-state index is 0.0292. The second kappa shape index (κ2) is 9.87. The third-order valence-corrected chi connectivity index (χ3v) is 6.53. The van der Waals surface area contributed by atoms with Gasteiger partial charge in [0.1, 0.15) is 0 Å². The summed E-state index contributed by atoms with van der Waals surface area (Å²) in [5.41, 5.74) is 0.893. The first-order valence-electron chi connectivity index (χ1n) is 10.7. The van der Waals surface area contributed by atoms with Crippen LogP contribution in [0.4, 0.5) is 24.0 Å². The summed E-state index contributed by atoms with van der Waals surface area (Å²) in [6, 6.07) is 13.3. The molecular weight excluding hydrogens is 437 g/mol. The van der Waals surface area contributed by atoms with Gasteiger partial charge in [-0.25, -0.2) is 4.98 Å². The lowest BCUT2D eigenvalue weighted by Crippen LogP contribution is -2.46. The number of benzene rings is 2. The Kier molecular flexibility index (Phi) is 6.95. The highest BCUT2D eigenvalue weighted by Gasteiger charge is 2.31. The van der Waals surface area contributed by atoms with E-state index in [1.54, 1.807) is 6.07 Å². The number of anilines is 2. The van der Waals surface area contributed by atoms with Gasteiger partial charge in [0.25, 0.3) is 0 Å². The zero-order chi connectivity index (χ0) is 22.6. The molecule has 4 rings (SSSR count). The number of carbonyl (C=O) groups excluding carboxylic acids is 1. The molecule has 0 atom stereocenters. The molecule has 3 aromatic rings. The Morgan fingerprint density at radius 3 is 2.56 bits per heavy atom. The minimum atomic E-state index is -4.32. The maximum atomic E-state index is 12.9. The fourth-order valence-electron chi connectivity index (χ4n) is 3.84. The van der Waals surface area contributed by atoms with Gasteiger partial charge in [0.15, 0.2) is 5.13 Å². The monoisotopic (exact) mass is 462 g/mol. The molecule has 1 N–H and O–H groups in total. The van der Waals surface area contributed by atoms with Crippen molar-refractivity contribution in [3.63, 3.8) is 0 Å². The number of nitrogens with zero attached hydrogens (tertiary/aromatic N) is 3. The molecule has 1 fully saturated rings. The molecule has 0 spiro atoms. The Hall–Kier alpha value is -2.65. The first-order valence-corrected chi connectivity index (χ1v) is 11.5. The van der Waals surface area contributed by atoms with Crippen LogP contribution in [0.1, 0.15) is 24.8 Å². The highest BCUT2D eigenvalue weighted by atomic mass is 32.1. The number of fused-ring (bicyclic) bond motifs is 1. The number of para-hydroxylation sites is 1. The van der Waals surface area contributed by atoms with Gasteiger partial charge in [-0.05, 0) is 49.7 Å². The summed E-state index contributed by atoms with van der Waals surface area (Å²) in [6.07, 6.45) is -2.20. The van der Waals surface area contributed by atoms with Crippen LogP contribution in [0.5, 0.6) is 0 Å². The molecule has 0 aliphatic carbocycles. The third-order valence-electron chi connectivity index (χ3n) is 5.58. The second-order valence-electron chi connectivity index (χ2n) is 7.87. The number of hydrogen-bond donors (Lipinski definition) is 1. The van der Waals surface area contributed by atoms with Crippen LogP contribution in [0.2, 0.25) is 0 Å². The number of alkyl halides is 3. The summed E-state index contributed by atoms with van der Waals surface area (Å²) in [6.45, 7) is 3.87. The van der Waals surface area contributed by atoms with E-state index in [4.69, 9.17) is 0 Å². The molecule has 1 saturated heterocycles. The van der Waals surface area contributed by atoms with Gasteiger partial charge in [0.05, 0.1) is 15.8 Å². The van der Waals surface area contributed by atoms with Crippen LogP contribution < -0.4 is 10.2 Å². The van der Waals surface area contributed by atoms with Crippen LogP contribution in [-0.4, -0.2) is 48.5 Å². The maximum absolute atomic E-state index is 12.9. The molecule has 1 amide bonds. The number of rotatable bonds is 7. The molecule has 0 bridgehead atoms. The summed E-state index contributed by atoms with van der Waals surface area (Å²) in [4.78, 5) is 20.9. The van der Waals surface area contributed by atoms with E-state index in [2.05, 4.69) is 15.2 Å². The fourth-order valence-corrected chi connectivity index (χ4v) is 4.72. The van der Waals surface area contributed by atoms with E-state index >= 15 is 0 Å².